The smallest absolute Gasteiger partial charge is 0.437 e. The fourth-order valence-electron chi connectivity index (χ4n) is 2.47. The SMILES string of the molecule is CC(C)(C)OC(=O)/N=C(\NCCCC(NC(=O)OC(C)(C)C)C(=O)OC(C)(C)C)NC(=O)OC(C)(C)C. The summed E-state index contributed by atoms with van der Waals surface area (Å²) in [6, 6.07) is -0.985. The summed E-state index contributed by atoms with van der Waals surface area (Å²) in [7, 11) is 0. The van der Waals surface area contributed by atoms with Gasteiger partial charge in [-0.2, -0.15) is 0 Å². The quantitative estimate of drug-likeness (QED) is 0.149. The molecule has 0 aromatic carbocycles. The normalized spacial score (nSPS) is 13.7. The molecule has 0 fully saturated rings. The van der Waals surface area contributed by atoms with Crippen molar-refractivity contribution < 1.29 is 38.1 Å². The zero-order chi connectivity index (χ0) is 29.2. The average Bonchev–Trinajstić information content (AvgIpc) is 2.57. The van der Waals surface area contributed by atoms with Crippen LogP contribution in [0.2, 0.25) is 0 Å². The van der Waals surface area contributed by atoms with E-state index < -0.39 is 52.7 Å². The number of hydrogen-bond donors (Lipinski definition) is 3. The van der Waals surface area contributed by atoms with Crippen LogP contribution in [0.4, 0.5) is 14.4 Å². The molecule has 0 heterocycles. The lowest BCUT2D eigenvalue weighted by Crippen LogP contribution is -2.47. The minimum Gasteiger partial charge on any atom is -0.458 e. The fourth-order valence-corrected chi connectivity index (χ4v) is 2.47. The topological polar surface area (TPSA) is 154 Å². The Balaban J connectivity index is 5.38. The van der Waals surface area contributed by atoms with Gasteiger partial charge >= 0.3 is 24.2 Å². The third-order valence-corrected chi connectivity index (χ3v) is 3.56. The highest BCUT2D eigenvalue weighted by Crippen LogP contribution is 2.13. The van der Waals surface area contributed by atoms with E-state index in [1.54, 1.807) is 83.1 Å². The lowest BCUT2D eigenvalue weighted by atomic mass is 10.1. The van der Waals surface area contributed by atoms with Crippen molar-refractivity contribution in [2.75, 3.05) is 6.54 Å². The fraction of sp³-hybridized carbons (Fsp3) is 0.800. The van der Waals surface area contributed by atoms with Crippen LogP contribution in [0.3, 0.4) is 0 Å². The third-order valence-electron chi connectivity index (χ3n) is 3.56. The maximum atomic E-state index is 12.7. The number of nitrogens with one attached hydrogen (secondary N) is 3. The summed E-state index contributed by atoms with van der Waals surface area (Å²) < 4.78 is 21.1. The van der Waals surface area contributed by atoms with E-state index in [0.29, 0.717) is 6.42 Å². The van der Waals surface area contributed by atoms with Crippen LogP contribution in [0.15, 0.2) is 4.99 Å². The van der Waals surface area contributed by atoms with Crippen LogP contribution in [0.25, 0.3) is 0 Å². The minimum absolute atomic E-state index is 0.173. The highest BCUT2D eigenvalue weighted by Gasteiger charge is 2.28. The van der Waals surface area contributed by atoms with E-state index in [9.17, 15) is 19.2 Å². The van der Waals surface area contributed by atoms with Gasteiger partial charge in [0.15, 0.2) is 0 Å². The average molecular weight is 531 g/mol. The van der Waals surface area contributed by atoms with Crippen LogP contribution in [0.5, 0.6) is 0 Å². The van der Waals surface area contributed by atoms with Gasteiger partial charge in [-0.3, -0.25) is 5.32 Å². The van der Waals surface area contributed by atoms with Gasteiger partial charge in [0.25, 0.3) is 0 Å². The maximum absolute atomic E-state index is 12.7. The Morgan fingerprint density at radius 2 is 1.14 bits per heavy atom. The van der Waals surface area contributed by atoms with Crippen molar-refractivity contribution in [3.05, 3.63) is 0 Å². The first-order chi connectivity index (χ1) is 16.5. The molecule has 0 aliphatic rings. The molecule has 0 aromatic heterocycles. The van der Waals surface area contributed by atoms with E-state index in [1.807, 2.05) is 0 Å². The number of ether oxygens (including phenoxy) is 4. The standard InChI is InChI=1S/C25H46N4O8/c1-22(2,3)34-17(30)16(27-19(31)35-23(4,5)6)14-13-15-26-18(28-20(32)36-24(7,8)9)29-21(33)37-25(10,11)12/h16H,13-15H2,1-12H3,(H,27,31)(H2,26,28,29,32,33). The van der Waals surface area contributed by atoms with Crippen molar-refractivity contribution in [2.45, 2.75) is 124 Å². The van der Waals surface area contributed by atoms with Gasteiger partial charge in [-0.25, -0.2) is 19.2 Å². The first-order valence-electron chi connectivity index (χ1n) is 12.2. The number of carbonyl (C=O) groups is 4. The van der Waals surface area contributed by atoms with Crippen molar-refractivity contribution in [3.8, 4) is 0 Å². The molecule has 0 spiro atoms. The Labute approximate surface area is 220 Å². The molecule has 0 aliphatic carbocycles. The number of amides is 3. The molecule has 3 N–H and O–H groups in total. The molecule has 0 bridgehead atoms. The largest absolute Gasteiger partial charge is 0.458 e. The van der Waals surface area contributed by atoms with Crippen molar-refractivity contribution in [1.82, 2.24) is 16.0 Å². The lowest BCUT2D eigenvalue weighted by molar-refractivity contribution is -0.157. The summed E-state index contributed by atoms with van der Waals surface area (Å²) in [5.74, 6) is -0.801. The van der Waals surface area contributed by atoms with Crippen LogP contribution in [0, 0.1) is 0 Å². The lowest BCUT2D eigenvalue weighted by Gasteiger charge is -2.26. The van der Waals surface area contributed by atoms with E-state index in [4.69, 9.17) is 18.9 Å². The Hall–Kier alpha value is -3.05. The number of alkyl carbamates (subject to hydrolysis) is 2. The number of aliphatic imine (C=N–C) groups is 1. The molecule has 0 aliphatic heterocycles. The Kier molecular flexibility index (Phi) is 12.4. The Morgan fingerprint density at radius 1 is 0.676 bits per heavy atom. The predicted octanol–water partition coefficient (Wildman–Crippen LogP) is 4.41. The second kappa shape index (κ2) is 13.5. The molecule has 214 valence electrons. The molecule has 0 radical (unpaired) electrons. The van der Waals surface area contributed by atoms with Crippen molar-refractivity contribution in [3.63, 3.8) is 0 Å². The van der Waals surface area contributed by atoms with Crippen LogP contribution in [-0.2, 0) is 23.7 Å². The molecule has 0 saturated carbocycles. The van der Waals surface area contributed by atoms with Crippen molar-refractivity contribution in [2.24, 2.45) is 4.99 Å². The van der Waals surface area contributed by atoms with Crippen molar-refractivity contribution in [1.29, 1.82) is 0 Å². The van der Waals surface area contributed by atoms with Gasteiger partial charge in [0, 0.05) is 6.54 Å². The first-order valence-corrected chi connectivity index (χ1v) is 12.2. The van der Waals surface area contributed by atoms with Gasteiger partial charge in [0.1, 0.15) is 28.4 Å². The molecular formula is C25H46N4O8. The van der Waals surface area contributed by atoms with E-state index in [0.717, 1.165) is 0 Å². The summed E-state index contributed by atoms with van der Waals surface area (Å²) in [6.45, 7) is 20.6. The summed E-state index contributed by atoms with van der Waals surface area (Å²) in [6.07, 6.45) is -1.99. The van der Waals surface area contributed by atoms with E-state index in [2.05, 4.69) is 20.9 Å². The molecule has 37 heavy (non-hydrogen) atoms. The van der Waals surface area contributed by atoms with Crippen LogP contribution < -0.4 is 16.0 Å². The minimum atomic E-state index is -0.985. The Morgan fingerprint density at radius 3 is 1.59 bits per heavy atom. The van der Waals surface area contributed by atoms with Gasteiger partial charge in [-0.1, -0.05) is 0 Å². The zero-order valence-corrected chi connectivity index (χ0v) is 24.4. The maximum Gasteiger partial charge on any atom is 0.437 e. The van der Waals surface area contributed by atoms with E-state index in [-0.39, 0.29) is 18.9 Å². The summed E-state index contributed by atoms with van der Waals surface area (Å²) in [5, 5.41) is 7.76. The second-order valence-corrected chi connectivity index (χ2v) is 12.4. The molecule has 0 saturated heterocycles. The van der Waals surface area contributed by atoms with Gasteiger partial charge in [-0.15, -0.1) is 4.99 Å². The molecule has 0 aromatic rings. The van der Waals surface area contributed by atoms with Gasteiger partial charge in [0.2, 0.25) is 5.96 Å². The number of nitrogens with zero attached hydrogens (tertiary/aromatic N) is 1. The van der Waals surface area contributed by atoms with Gasteiger partial charge in [-0.05, 0) is 95.9 Å². The molecular weight excluding hydrogens is 484 g/mol. The van der Waals surface area contributed by atoms with Crippen LogP contribution in [-0.4, -0.2) is 65.2 Å². The monoisotopic (exact) mass is 530 g/mol. The highest BCUT2D eigenvalue weighted by molar-refractivity contribution is 5.98. The van der Waals surface area contributed by atoms with Crippen LogP contribution in [0.1, 0.15) is 95.9 Å². The summed E-state index contributed by atoms with van der Waals surface area (Å²) >= 11 is 0. The molecule has 0 rings (SSSR count). The predicted molar refractivity (Wildman–Crippen MR) is 139 cm³/mol. The van der Waals surface area contributed by atoms with Gasteiger partial charge < -0.3 is 29.6 Å². The van der Waals surface area contributed by atoms with E-state index >= 15 is 0 Å². The number of guanidine groups is 1. The first kappa shape index (κ1) is 34.0. The summed E-state index contributed by atoms with van der Waals surface area (Å²) in [5.41, 5.74) is -3.06. The molecule has 1 atom stereocenters. The summed E-state index contributed by atoms with van der Waals surface area (Å²) in [4.78, 5) is 53.1. The molecule has 12 heteroatoms. The zero-order valence-electron chi connectivity index (χ0n) is 24.4. The number of carbonyl (C=O) groups excluding carboxylic acids is 4. The van der Waals surface area contributed by atoms with Crippen LogP contribution >= 0.6 is 0 Å². The molecule has 3 amide bonds. The van der Waals surface area contributed by atoms with E-state index in [1.165, 1.54) is 0 Å². The van der Waals surface area contributed by atoms with Crippen molar-refractivity contribution >= 4 is 30.2 Å². The molecule has 12 nitrogen and oxygen atoms in total. The third kappa shape index (κ3) is 19.8. The van der Waals surface area contributed by atoms with Gasteiger partial charge in [0.05, 0.1) is 0 Å². The second-order valence-electron chi connectivity index (χ2n) is 12.4. The Bertz CT molecular complexity index is 828. The highest BCUT2D eigenvalue weighted by atomic mass is 16.6. The molecule has 1 unspecified atom stereocenters. The number of hydrogen-bond acceptors (Lipinski definition) is 8. The number of rotatable bonds is 6. The number of esters is 1.